The number of rotatable bonds is 3. The van der Waals surface area contributed by atoms with Crippen LogP contribution in [0, 0.1) is 23.1 Å². The van der Waals surface area contributed by atoms with Gasteiger partial charge in [0, 0.05) is 11.3 Å². The topological polar surface area (TPSA) is 62.7 Å². The van der Waals surface area contributed by atoms with E-state index in [0.29, 0.717) is 16.0 Å². The molecular formula is C19H19BrFN3. The highest BCUT2D eigenvalue weighted by Crippen LogP contribution is 2.39. The van der Waals surface area contributed by atoms with E-state index < -0.39 is 0 Å². The maximum atomic E-state index is 13.6. The number of aryl methyl sites for hydroxylation is 1. The average molecular weight is 388 g/mol. The van der Waals surface area contributed by atoms with Crippen LogP contribution in [0.25, 0.3) is 11.1 Å². The summed E-state index contributed by atoms with van der Waals surface area (Å²) in [6.45, 7) is 2.19. The summed E-state index contributed by atoms with van der Waals surface area (Å²) in [5, 5.41) is 9.60. The van der Waals surface area contributed by atoms with E-state index in [1.807, 2.05) is 0 Å². The number of hydrogen-bond acceptors (Lipinski definition) is 3. The molecule has 1 aliphatic rings. The Morgan fingerprint density at radius 1 is 1.46 bits per heavy atom. The van der Waals surface area contributed by atoms with E-state index in [1.165, 1.54) is 6.07 Å². The van der Waals surface area contributed by atoms with Gasteiger partial charge in [-0.1, -0.05) is 25.8 Å². The fraction of sp³-hybridized carbons (Fsp3) is 0.368. The maximum Gasteiger partial charge on any atom is 0.142 e. The summed E-state index contributed by atoms with van der Waals surface area (Å²) in [5.74, 6) is 0.541. The zero-order valence-electron chi connectivity index (χ0n) is 13.6. The molecule has 3 rings (SSSR count). The van der Waals surface area contributed by atoms with Crippen molar-refractivity contribution in [2.45, 2.75) is 39.0 Å². The lowest BCUT2D eigenvalue weighted by Crippen LogP contribution is -2.18. The molecule has 124 valence electrons. The Morgan fingerprint density at radius 3 is 2.92 bits per heavy atom. The third-order valence-corrected chi connectivity index (χ3v) is 5.32. The molecule has 2 aromatic rings. The number of pyridine rings is 1. The predicted molar refractivity (Wildman–Crippen MR) is 96.9 cm³/mol. The summed E-state index contributed by atoms with van der Waals surface area (Å²) in [5.41, 5.74) is 10.1. The van der Waals surface area contributed by atoms with E-state index in [0.717, 1.165) is 54.5 Å². The lowest BCUT2D eigenvalue weighted by Gasteiger charge is -2.27. The maximum absolute atomic E-state index is 13.6. The number of fused-ring (bicyclic) bond motifs is 1. The highest BCUT2D eigenvalue weighted by atomic mass is 79.9. The first-order chi connectivity index (χ1) is 11.5. The van der Waals surface area contributed by atoms with Crippen molar-refractivity contribution in [1.82, 2.24) is 4.98 Å². The van der Waals surface area contributed by atoms with Crippen LogP contribution in [0.1, 0.15) is 43.0 Å². The van der Waals surface area contributed by atoms with Crippen molar-refractivity contribution in [3.05, 3.63) is 45.3 Å². The molecule has 0 spiro atoms. The van der Waals surface area contributed by atoms with Crippen LogP contribution in [0.3, 0.4) is 0 Å². The molecule has 1 aliphatic carbocycles. The first kappa shape index (κ1) is 16.9. The van der Waals surface area contributed by atoms with E-state index in [4.69, 9.17) is 5.73 Å². The fourth-order valence-corrected chi connectivity index (χ4v) is 3.97. The highest BCUT2D eigenvalue weighted by Gasteiger charge is 2.26. The lowest BCUT2D eigenvalue weighted by atomic mass is 9.79. The Hall–Kier alpha value is -1.93. The molecule has 1 aromatic carbocycles. The molecule has 0 bridgehead atoms. The van der Waals surface area contributed by atoms with Crippen molar-refractivity contribution >= 4 is 21.7 Å². The molecule has 0 radical (unpaired) electrons. The van der Waals surface area contributed by atoms with Crippen LogP contribution >= 0.6 is 15.9 Å². The SMILES string of the molecule is CCCC1CCc2nc(N)c(C#N)c(-c3ccc(F)c(Br)c3)c2C1. The number of hydrogen-bond donors (Lipinski definition) is 1. The molecule has 0 aliphatic heterocycles. The Balaban J connectivity index is 2.21. The van der Waals surface area contributed by atoms with Crippen molar-refractivity contribution in [2.75, 3.05) is 5.73 Å². The van der Waals surface area contributed by atoms with Gasteiger partial charge in [0.1, 0.15) is 23.3 Å². The Kier molecular flexibility index (Phi) is 4.86. The zero-order valence-corrected chi connectivity index (χ0v) is 15.2. The van der Waals surface area contributed by atoms with Gasteiger partial charge in [0.25, 0.3) is 0 Å². The van der Waals surface area contributed by atoms with Gasteiger partial charge in [-0.2, -0.15) is 5.26 Å². The molecule has 0 saturated heterocycles. The van der Waals surface area contributed by atoms with Gasteiger partial charge in [-0.15, -0.1) is 0 Å². The monoisotopic (exact) mass is 387 g/mol. The second-order valence-corrected chi connectivity index (χ2v) is 7.16. The van der Waals surface area contributed by atoms with Crippen molar-refractivity contribution in [3.8, 4) is 17.2 Å². The van der Waals surface area contributed by atoms with Crippen molar-refractivity contribution < 1.29 is 4.39 Å². The molecule has 3 nitrogen and oxygen atoms in total. The van der Waals surface area contributed by atoms with Crippen LogP contribution in [-0.2, 0) is 12.8 Å². The van der Waals surface area contributed by atoms with Gasteiger partial charge in [0.05, 0.1) is 4.47 Å². The lowest BCUT2D eigenvalue weighted by molar-refractivity contribution is 0.419. The Morgan fingerprint density at radius 2 is 2.25 bits per heavy atom. The minimum Gasteiger partial charge on any atom is -0.383 e. The molecule has 5 heteroatoms. The van der Waals surface area contributed by atoms with Gasteiger partial charge < -0.3 is 5.73 Å². The van der Waals surface area contributed by atoms with E-state index in [-0.39, 0.29) is 11.6 Å². The molecule has 1 atom stereocenters. The van der Waals surface area contributed by atoms with Crippen LogP contribution in [0.4, 0.5) is 10.2 Å². The number of halogens is 2. The molecule has 2 N–H and O–H groups in total. The summed E-state index contributed by atoms with van der Waals surface area (Å²) in [6, 6.07) is 7.03. The number of nitrogen functional groups attached to an aromatic ring is 1. The van der Waals surface area contributed by atoms with Gasteiger partial charge in [0.2, 0.25) is 0 Å². The van der Waals surface area contributed by atoms with Crippen LogP contribution in [0.2, 0.25) is 0 Å². The fourth-order valence-electron chi connectivity index (χ4n) is 3.59. The summed E-state index contributed by atoms with van der Waals surface area (Å²) < 4.78 is 14.0. The smallest absolute Gasteiger partial charge is 0.142 e. The van der Waals surface area contributed by atoms with Crippen molar-refractivity contribution in [3.63, 3.8) is 0 Å². The standard InChI is InChI=1S/C19H19BrFN3/c1-2-3-11-4-7-17-13(8-11)18(14(10-22)19(23)24-17)12-5-6-16(21)15(20)9-12/h5-6,9,11H,2-4,7-8H2,1H3,(H2,23,24). The Labute approximate surface area is 149 Å². The second-order valence-electron chi connectivity index (χ2n) is 6.31. The predicted octanol–water partition coefficient (Wildman–Crippen LogP) is 5.01. The van der Waals surface area contributed by atoms with E-state index in [9.17, 15) is 9.65 Å². The second kappa shape index (κ2) is 6.90. The number of aromatic nitrogens is 1. The number of benzene rings is 1. The van der Waals surface area contributed by atoms with Gasteiger partial charge >= 0.3 is 0 Å². The third-order valence-electron chi connectivity index (χ3n) is 4.71. The van der Waals surface area contributed by atoms with Gasteiger partial charge in [-0.25, -0.2) is 9.37 Å². The van der Waals surface area contributed by atoms with E-state index >= 15 is 0 Å². The van der Waals surface area contributed by atoms with Crippen LogP contribution in [-0.4, -0.2) is 4.98 Å². The van der Waals surface area contributed by atoms with Crippen LogP contribution in [0.15, 0.2) is 22.7 Å². The average Bonchev–Trinajstić information content (AvgIpc) is 2.57. The van der Waals surface area contributed by atoms with Crippen LogP contribution < -0.4 is 5.73 Å². The Bertz CT molecular complexity index is 826. The molecule has 1 unspecified atom stereocenters. The zero-order chi connectivity index (χ0) is 17.3. The van der Waals surface area contributed by atoms with Crippen molar-refractivity contribution in [1.29, 1.82) is 5.26 Å². The third kappa shape index (κ3) is 3.03. The summed E-state index contributed by atoms with van der Waals surface area (Å²) in [7, 11) is 0. The molecule has 0 fully saturated rings. The number of nitrogens with zero attached hydrogens (tertiary/aromatic N) is 2. The molecule has 0 saturated carbocycles. The van der Waals surface area contributed by atoms with E-state index in [2.05, 4.69) is 33.9 Å². The quantitative estimate of drug-likeness (QED) is 0.804. The van der Waals surface area contributed by atoms with E-state index in [1.54, 1.807) is 12.1 Å². The van der Waals surface area contributed by atoms with Crippen LogP contribution in [0.5, 0.6) is 0 Å². The highest BCUT2D eigenvalue weighted by molar-refractivity contribution is 9.10. The first-order valence-electron chi connectivity index (χ1n) is 8.21. The molecular weight excluding hydrogens is 369 g/mol. The number of nitriles is 1. The number of anilines is 1. The minimum absolute atomic E-state index is 0.264. The molecule has 0 amide bonds. The molecule has 24 heavy (non-hydrogen) atoms. The van der Waals surface area contributed by atoms with Gasteiger partial charge in [0.15, 0.2) is 0 Å². The summed E-state index contributed by atoms with van der Waals surface area (Å²) in [6.07, 6.45) is 5.19. The first-order valence-corrected chi connectivity index (χ1v) is 9.01. The van der Waals surface area contributed by atoms with Gasteiger partial charge in [-0.05, 0) is 64.4 Å². The minimum atomic E-state index is -0.322. The molecule has 1 aromatic heterocycles. The molecule has 1 heterocycles. The normalized spacial score (nSPS) is 16.5. The summed E-state index contributed by atoms with van der Waals surface area (Å²) >= 11 is 3.24. The largest absolute Gasteiger partial charge is 0.383 e. The van der Waals surface area contributed by atoms with Gasteiger partial charge in [-0.3, -0.25) is 0 Å². The van der Waals surface area contributed by atoms with Crippen molar-refractivity contribution in [2.24, 2.45) is 5.92 Å². The number of nitrogens with two attached hydrogens (primary N) is 1. The summed E-state index contributed by atoms with van der Waals surface area (Å²) in [4.78, 5) is 4.47.